The van der Waals surface area contributed by atoms with Crippen LogP contribution < -0.4 is 5.32 Å². The Morgan fingerprint density at radius 1 is 1.10 bits per heavy atom. The maximum atomic E-state index is 11.7. The summed E-state index contributed by atoms with van der Waals surface area (Å²) in [7, 11) is -3.13. The van der Waals surface area contributed by atoms with Gasteiger partial charge in [-0.05, 0) is 42.5 Å². The number of rotatable bonds is 5. The summed E-state index contributed by atoms with van der Waals surface area (Å²) in [5.41, 5.74) is 3.83. The van der Waals surface area contributed by atoms with E-state index in [0.717, 1.165) is 40.4 Å². The minimum absolute atomic E-state index is 0.150. The molecule has 1 saturated heterocycles. The molecule has 158 valence electrons. The predicted octanol–water partition coefficient (Wildman–Crippen LogP) is 3.19. The summed E-state index contributed by atoms with van der Waals surface area (Å²) in [4.78, 5) is 9.10. The van der Waals surface area contributed by atoms with E-state index in [9.17, 15) is 13.5 Å². The maximum absolute atomic E-state index is 11.7. The second kappa shape index (κ2) is 8.29. The first-order valence-corrected chi connectivity index (χ1v) is 11.9. The number of aliphatic hydroxyl groups is 1. The van der Waals surface area contributed by atoms with Crippen LogP contribution in [-0.2, 0) is 10.0 Å². The van der Waals surface area contributed by atoms with E-state index in [-0.39, 0.29) is 6.04 Å². The van der Waals surface area contributed by atoms with Gasteiger partial charge in [-0.1, -0.05) is 36.4 Å². The lowest BCUT2D eigenvalue weighted by Crippen LogP contribution is -2.42. The van der Waals surface area contributed by atoms with Crippen molar-refractivity contribution < 1.29 is 13.5 Å². The second-order valence-electron chi connectivity index (χ2n) is 7.85. The van der Waals surface area contributed by atoms with Crippen LogP contribution in [0.5, 0.6) is 0 Å². The molecule has 0 bridgehead atoms. The van der Waals surface area contributed by atoms with Gasteiger partial charge in [-0.15, -0.1) is 0 Å². The molecular weight excluding hydrogens is 400 g/mol. The van der Waals surface area contributed by atoms with Crippen molar-refractivity contribution in [1.82, 2.24) is 14.3 Å². The number of nitrogens with one attached hydrogen (secondary N) is 1. The fraction of sp³-hybridized carbons (Fsp3) is 0.364. The lowest BCUT2D eigenvalue weighted by Gasteiger charge is -2.30. The molecule has 0 saturated carbocycles. The van der Waals surface area contributed by atoms with Crippen LogP contribution in [0.15, 0.2) is 48.7 Å². The van der Waals surface area contributed by atoms with Crippen LogP contribution in [0.25, 0.3) is 22.0 Å². The molecule has 0 spiro atoms. The fourth-order valence-electron chi connectivity index (χ4n) is 3.74. The van der Waals surface area contributed by atoms with Crippen molar-refractivity contribution in [2.75, 3.05) is 24.7 Å². The molecule has 1 atom stereocenters. The molecule has 1 aliphatic heterocycles. The van der Waals surface area contributed by atoms with Crippen molar-refractivity contribution in [2.45, 2.75) is 31.9 Å². The summed E-state index contributed by atoms with van der Waals surface area (Å²) in [6, 6.07) is 14.1. The van der Waals surface area contributed by atoms with Crippen LogP contribution in [0, 0.1) is 0 Å². The Hall–Kier alpha value is -2.55. The molecular formula is C22H26N4O3S. The van der Waals surface area contributed by atoms with Gasteiger partial charge in [-0.3, -0.25) is 0 Å². The number of fused-ring (bicyclic) bond motifs is 1. The number of aliphatic hydroxyl groups excluding tert-OH is 1. The maximum Gasteiger partial charge on any atom is 0.223 e. The number of sulfonamides is 1. The molecule has 1 unspecified atom stereocenters. The lowest BCUT2D eigenvalue weighted by atomic mass is 10.0. The average Bonchev–Trinajstić information content (AvgIpc) is 2.73. The third-order valence-electron chi connectivity index (χ3n) is 5.57. The Bertz CT molecular complexity index is 1140. The van der Waals surface area contributed by atoms with Gasteiger partial charge >= 0.3 is 0 Å². The SMILES string of the molecule is CC(O)c1ccc(-c2ccc3cnc(NC4CCN(S(C)(=O)=O)CC4)nc3c2)cc1. The Balaban J connectivity index is 1.51. The number of hydrogen-bond donors (Lipinski definition) is 2. The molecule has 2 heterocycles. The number of nitrogens with zero attached hydrogens (tertiary/aromatic N) is 3. The van der Waals surface area contributed by atoms with E-state index in [4.69, 9.17) is 0 Å². The summed E-state index contributed by atoms with van der Waals surface area (Å²) >= 11 is 0. The van der Waals surface area contributed by atoms with Crippen molar-refractivity contribution in [3.8, 4) is 11.1 Å². The molecule has 0 amide bonds. The van der Waals surface area contributed by atoms with Gasteiger partial charge < -0.3 is 10.4 Å². The zero-order valence-electron chi connectivity index (χ0n) is 17.1. The highest BCUT2D eigenvalue weighted by Gasteiger charge is 2.25. The minimum Gasteiger partial charge on any atom is -0.389 e. The minimum atomic E-state index is -3.13. The van der Waals surface area contributed by atoms with Crippen molar-refractivity contribution in [3.63, 3.8) is 0 Å². The van der Waals surface area contributed by atoms with Gasteiger partial charge in [0.2, 0.25) is 16.0 Å². The van der Waals surface area contributed by atoms with Gasteiger partial charge in [0.15, 0.2) is 0 Å². The smallest absolute Gasteiger partial charge is 0.223 e. The quantitative estimate of drug-likeness (QED) is 0.651. The topological polar surface area (TPSA) is 95.4 Å². The molecule has 1 aliphatic rings. The van der Waals surface area contributed by atoms with Gasteiger partial charge in [0.1, 0.15) is 0 Å². The Morgan fingerprint density at radius 3 is 2.40 bits per heavy atom. The molecule has 0 aliphatic carbocycles. The number of aromatic nitrogens is 2. The molecule has 3 aromatic rings. The predicted molar refractivity (Wildman–Crippen MR) is 119 cm³/mol. The average molecular weight is 427 g/mol. The summed E-state index contributed by atoms with van der Waals surface area (Å²) in [6.45, 7) is 2.77. The van der Waals surface area contributed by atoms with Crippen LogP contribution in [0.3, 0.4) is 0 Å². The second-order valence-corrected chi connectivity index (χ2v) is 9.83. The molecule has 8 heteroatoms. The zero-order valence-corrected chi connectivity index (χ0v) is 17.9. The van der Waals surface area contributed by atoms with Crippen LogP contribution in [0.4, 0.5) is 5.95 Å². The summed E-state index contributed by atoms with van der Waals surface area (Å²) in [6.07, 6.45) is 4.02. The monoisotopic (exact) mass is 426 g/mol. The molecule has 1 fully saturated rings. The van der Waals surface area contributed by atoms with Crippen LogP contribution in [-0.4, -0.2) is 53.2 Å². The first kappa shape index (κ1) is 20.7. The number of anilines is 1. The van der Waals surface area contributed by atoms with Gasteiger partial charge in [0, 0.05) is 30.7 Å². The van der Waals surface area contributed by atoms with Gasteiger partial charge in [-0.25, -0.2) is 22.7 Å². The van der Waals surface area contributed by atoms with Crippen molar-refractivity contribution in [3.05, 3.63) is 54.2 Å². The zero-order chi connectivity index (χ0) is 21.3. The first-order chi connectivity index (χ1) is 14.3. The van der Waals surface area contributed by atoms with Gasteiger partial charge in [-0.2, -0.15) is 0 Å². The van der Waals surface area contributed by atoms with E-state index >= 15 is 0 Å². The fourth-order valence-corrected chi connectivity index (χ4v) is 4.61. The lowest BCUT2D eigenvalue weighted by molar-refractivity contribution is 0.199. The largest absolute Gasteiger partial charge is 0.389 e. The standard InChI is InChI=1S/C22H26N4O3S/c1-15(27)16-3-5-17(6-4-16)18-7-8-19-14-23-22(25-21(19)13-18)24-20-9-11-26(12-10-20)30(2,28)29/h3-8,13-15,20,27H,9-12H2,1-2H3,(H,23,24,25). The van der Waals surface area contributed by atoms with Crippen LogP contribution in [0.1, 0.15) is 31.4 Å². The third kappa shape index (κ3) is 4.61. The molecule has 30 heavy (non-hydrogen) atoms. The summed E-state index contributed by atoms with van der Waals surface area (Å²) < 4.78 is 24.8. The van der Waals surface area contributed by atoms with E-state index in [1.165, 1.54) is 10.6 Å². The van der Waals surface area contributed by atoms with Gasteiger partial charge in [0.25, 0.3) is 0 Å². The van der Waals surface area contributed by atoms with E-state index in [1.807, 2.05) is 42.5 Å². The number of hydrogen-bond acceptors (Lipinski definition) is 6. The highest BCUT2D eigenvalue weighted by atomic mass is 32.2. The Labute approximate surface area is 176 Å². The highest BCUT2D eigenvalue weighted by molar-refractivity contribution is 7.88. The van der Waals surface area contributed by atoms with Crippen molar-refractivity contribution >= 4 is 26.9 Å². The van der Waals surface area contributed by atoms with Crippen molar-refractivity contribution in [1.29, 1.82) is 0 Å². The van der Waals surface area contributed by atoms with Gasteiger partial charge in [0.05, 0.1) is 17.9 Å². The third-order valence-corrected chi connectivity index (χ3v) is 6.87. The van der Waals surface area contributed by atoms with E-state index < -0.39 is 16.1 Å². The molecule has 0 radical (unpaired) electrons. The molecule has 1 aromatic heterocycles. The van der Waals surface area contributed by atoms with E-state index in [0.29, 0.717) is 19.0 Å². The summed E-state index contributed by atoms with van der Waals surface area (Å²) in [5.74, 6) is 0.557. The van der Waals surface area contributed by atoms with E-state index in [2.05, 4.69) is 15.3 Å². The Kier molecular flexibility index (Phi) is 5.73. The van der Waals surface area contributed by atoms with Crippen molar-refractivity contribution in [2.24, 2.45) is 0 Å². The van der Waals surface area contributed by atoms with Crippen LogP contribution >= 0.6 is 0 Å². The first-order valence-electron chi connectivity index (χ1n) is 10.1. The highest BCUT2D eigenvalue weighted by Crippen LogP contribution is 2.26. The molecule has 7 nitrogen and oxygen atoms in total. The van der Waals surface area contributed by atoms with Crippen LogP contribution in [0.2, 0.25) is 0 Å². The number of piperidine rings is 1. The Morgan fingerprint density at radius 2 is 1.77 bits per heavy atom. The molecule has 2 N–H and O–H groups in total. The normalized spacial score (nSPS) is 17.2. The number of benzene rings is 2. The van der Waals surface area contributed by atoms with E-state index in [1.54, 1.807) is 13.1 Å². The molecule has 2 aromatic carbocycles. The molecule has 4 rings (SSSR count). The summed E-state index contributed by atoms with van der Waals surface area (Å²) in [5, 5.41) is 14.0.